The molecule has 0 aliphatic carbocycles. The molecule has 0 saturated carbocycles. The summed E-state index contributed by atoms with van der Waals surface area (Å²) in [6.45, 7) is 3.26. The molecule has 2 aromatic rings. The monoisotopic (exact) mass is 329 g/mol. The molecule has 0 radical (unpaired) electrons. The Labute approximate surface area is 142 Å². The van der Waals surface area contributed by atoms with Crippen LogP contribution in [0.4, 0.5) is 0 Å². The van der Waals surface area contributed by atoms with Crippen LogP contribution in [0.3, 0.4) is 0 Å². The zero-order valence-electron chi connectivity index (χ0n) is 14.3. The molecule has 0 fully saturated rings. The van der Waals surface area contributed by atoms with E-state index in [1.54, 1.807) is 14.2 Å². The number of benzene rings is 2. The fourth-order valence-corrected chi connectivity index (χ4v) is 2.78. The van der Waals surface area contributed by atoms with Crippen LogP contribution in [-0.4, -0.2) is 27.1 Å². The van der Waals surface area contributed by atoms with Crippen molar-refractivity contribution in [2.75, 3.05) is 21.0 Å². The van der Waals surface area contributed by atoms with Crippen LogP contribution >= 0.6 is 0 Å². The molecule has 0 bridgehead atoms. The standard InChI is InChI=1S/C19H23NO4/c1-13(8-14-4-6-16(21-2)18(9-14)22-3)20-11-15-5-7-17-19(10-15)24-12-23-17/h4-7,9-10,13,20H,8,11-12H2,1-3H3. The normalized spacial score (nSPS) is 13.6. The molecule has 128 valence electrons. The molecular weight excluding hydrogens is 306 g/mol. The Morgan fingerprint density at radius 1 is 0.958 bits per heavy atom. The quantitative estimate of drug-likeness (QED) is 0.845. The number of fused-ring (bicyclic) bond motifs is 1. The fourth-order valence-electron chi connectivity index (χ4n) is 2.78. The number of ether oxygens (including phenoxy) is 4. The van der Waals surface area contributed by atoms with Crippen LogP contribution in [0.5, 0.6) is 23.0 Å². The van der Waals surface area contributed by atoms with Gasteiger partial charge in [-0.3, -0.25) is 0 Å². The molecule has 5 heteroatoms. The largest absolute Gasteiger partial charge is 0.493 e. The van der Waals surface area contributed by atoms with Crippen molar-refractivity contribution in [1.29, 1.82) is 0 Å². The maximum Gasteiger partial charge on any atom is 0.231 e. The SMILES string of the molecule is COc1ccc(CC(C)NCc2ccc3c(c2)OCO3)cc1OC. The van der Waals surface area contributed by atoms with Gasteiger partial charge in [-0.15, -0.1) is 0 Å². The molecule has 2 aromatic carbocycles. The Balaban J connectivity index is 1.56. The van der Waals surface area contributed by atoms with Gasteiger partial charge in [0.2, 0.25) is 6.79 Å². The average Bonchev–Trinajstić information content (AvgIpc) is 3.07. The van der Waals surface area contributed by atoms with Crippen molar-refractivity contribution in [3.8, 4) is 23.0 Å². The van der Waals surface area contributed by atoms with Gasteiger partial charge in [-0.05, 0) is 48.7 Å². The van der Waals surface area contributed by atoms with Crippen molar-refractivity contribution < 1.29 is 18.9 Å². The average molecular weight is 329 g/mol. The number of hydrogen-bond donors (Lipinski definition) is 1. The summed E-state index contributed by atoms with van der Waals surface area (Å²) in [6, 6.07) is 12.4. The summed E-state index contributed by atoms with van der Waals surface area (Å²) in [4.78, 5) is 0. The number of hydrogen-bond acceptors (Lipinski definition) is 5. The molecule has 0 saturated heterocycles. The van der Waals surface area contributed by atoms with Gasteiger partial charge in [0.05, 0.1) is 14.2 Å². The first-order valence-electron chi connectivity index (χ1n) is 8.02. The predicted octanol–water partition coefficient (Wildman–Crippen LogP) is 3.15. The van der Waals surface area contributed by atoms with Crippen LogP contribution in [0.2, 0.25) is 0 Å². The van der Waals surface area contributed by atoms with Gasteiger partial charge in [0.25, 0.3) is 0 Å². The van der Waals surface area contributed by atoms with Gasteiger partial charge >= 0.3 is 0 Å². The summed E-state index contributed by atoms with van der Waals surface area (Å²) in [5.41, 5.74) is 2.39. The van der Waals surface area contributed by atoms with E-state index in [0.29, 0.717) is 12.8 Å². The van der Waals surface area contributed by atoms with Crippen molar-refractivity contribution in [2.24, 2.45) is 0 Å². The van der Waals surface area contributed by atoms with E-state index in [0.717, 1.165) is 36.0 Å². The first-order valence-corrected chi connectivity index (χ1v) is 8.02. The van der Waals surface area contributed by atoms with E-state index in [9.17, 15) is 0 Å². The van der Waals surface area contributed by atoms with E-state index < -0.39 is 0 Å². The third-order valence-corrected chi connectivity index (χ3v) is 4.08. The van der Waals surface area contributed by atoms with Crippen LogP contribution in [0.15, 0.2) is 36.4 Å². The van der Waals surface area contributed by atoms with E-state index in [4.69, 9.17) is 18.9 Å². The van der Waals surface area contributed by atoms with Crippen LogP contribution < -0.4 is 24.3 Å². The fraction of sp³-hybridized carbons (Fsp3) is 0.368. The summed E-state index contributed by atoms with van der Waals surface area (Å²) < 4.78 is 21.4. The highest BCUT2D eigenvalue weighted by molar-refractivity contribution is 5.44. The highest BCUT2D eigenvalue weighted by atomic mass is 16.7. The van der Waals surface area contributed by atoms with Gasteiger partial charge in [-0.25, -0.2) is 0 Å². The maximum absolute atomic E-state index is 5.41. The lowest BCUT2D eigenvalue weighted by molar-refractivity contribution is 0.174. The molecule has 3 rings (SSSR count). The second-order valence-corrected chi connectivity index (χ2v) is 5.86. The van der Waals surface area contributed by atoms with Gasteiger partial charge in [-0.1, -0.05) is 12.1 Å². The van der Waals surface area contributed by atoms with Crippen molar-refractivity contribution in [3.05, 3.63) is 47.5 Å². The predicted molar refractivity (Wildman–Crippen MR) is 92.1 cm³/mol. The Morgan fingerprint density at radius 2 is 1.71 bits per heavy atom. The molecule has 1 N–H and O–H groups in total. The minimum atomic E-state index is 0.307. The smallest absolute Gasteiger partial charge is 0.231 e. The van der Waals surface area contributed by atoms with Gasteiger partial charge in [0.15, 0.2) is 23.0 Å². The Hall–Kier alpha value is -2.40. The summed E-state index contributed by atoms with van der Waals surface area (Å²) in [5.74, 6) is 3.15. The molecule has 0 amide bonds. The topological polar surface area (TPSA) is 49.0 Å². The summed E-state index contributed by atoms with van der Waals surface area (Å²) in [7, 11) is 3.30. The molecule has 5 nitrogen and oxygen atoms in total. The van der Waals surface area contributed by atoms with Crippen LogP contribution in [0.25, 0.3) is 0 Å². The molecule has 1 aliphatic rings. The molecule has 1 heterocycles. The third kappa shape index (κ3) is 3.74. The Morgan fingerprint density at radius 3 is 2.50 bits per heavy atom. The highest BCUT2D eigenvalue weighted by Gasteiger charge is 2.13. The van der Waals surface area contributed by atoms with Gasteiger partial charge in [0, 0.05) is 12.6 Å². The van der Waals surface area contributed by atoms with E-state index >= 15 is 0 Å². The minimum absolute atomic E-state index is 0.307. The third-order valence-electron chi connectivity index (χ3n) is 4.08. The molecule has 0 aromatic heterocycles. The second-order valence-electron chi connectivity index (χ2n) is 5.86. The van der Waals surface area contributed by atoms with Gasteiger partial charge < -0.3 is 24.3 Å². The van der Waals surface area contributed by atoms with E-state index in [1.807, 2.05) is 24.3 Å². The van der Waals surface area contributed by atoms with Crippen LogP contribution in [0, 0.1) is 0 Å². The van der Waals surface area contributed by atoms with Crippen molar-refractivity contribution >= 4 is 0 Å². The van der Waals surface area contributed by atoms with Crippen molar-refractivity contribution in [3.63, 3.8) is 0 Å². The molecule has 1 aliphatic heterocycles. The molecule has 1 unspecified atom stereocenters. The first kappa shape index (κ1) is 16.5. The zero-order valence-corrected chi connectivity index (χ0v) is 14.3. The minimum Gasteiger partial charge on any atom is -0.493 e. The van der Waals surface area contributed by atoms with Crippen molar-refractivity contribution in [2.45, 2.75) is 25.9 Å². The summed E-state index contributed by atoms with van der Waals surface area (Å²) >= 11 is 0. The Bertz CT molecular complexity index is 702. The summed E-state index contributed by atoms with van der Waals surface area (Å²) in [6.07, 6.45) is 0.908. The maximum atomic E-state index is 5.41. The van der Waals surface area contributed by atoms with Crippen molar-refractivity contribution in [1.82, 2.24) is 5.32 Å². The second kappa shape index (κ2) is 7.45. The molecule has 24 heavy (non-hydrogen) atoms. The Kier molecular flexibility index (Phi) is 5.11. The van der Waals surface area contributed by atoms with E-state index in [1.165, 1.54) is 11.1 Å². The zero-order chi connectivity index (χ0) is 16.9. The number of rotatable bonds is 7. The molecular formula is C19H23NO4. The van der Waals surface area contributed by atoms with Crippen LogP contribution in [-0.2, 0) is 13.0 Å². The summed E-state index contributed by atoms with van der Waals surface area (Å²) in [5, 5.41) is 3.54. The van der Waals surface area contributed by atoms with E-state index in [2.05, 4.69) is 24.4 Å². The lowest BCUT2D eigenvalue weighted by Crippen LogP contribution is -2.27. The number of methoxy groups -OCH3 is 2. The first-order chi connectivity index (χ1) is 11.7. The molecule has 0 spiro atoms. The number of nitrogens with one attached hydrogen (secondary N) is 1. The lowest BCUT2D eigenvalue weighted by Gasteiger charge is -2.15. The van der Waals surface area contributed by atoms with Crippen LogP contribution in [0.1, 0.15) is 18.1 Å². The molecule has 1 atom stereocenters. The highest BCUT2D eigenvalue weighted by Crippen LogP contribution is 2.32. The van der Waals surface area contributed by atoms with E-state index in [-0.39, 0.29) is 0 Å². The van der Waals surface area contributed by atoms with Gasteiger partial charge in [0.1, 0.15) is 0 Å². The van der Waals surface area contributed by atoms with Gasteiger partial charge in [-0.2, -0.15) is 0 Å². The lowest BCUT2D eigenvalue weighted by atomic mass is 10.1.